The van der Waals surface area contributed by atoms with Crippen LogP contribution in [0.1, 0.15) is 59.4 Å². The molecule has 2 aromatic heterocycles. The summed E-state index contributed by atoms with van der Waals surface area (Å²) in [5.74, 6) is 1.77. The second-order valence-electron chi connectivity index (χ2n) is 6.98. The minimum atomic E-state index is -1.04. The van der Waals surface area contributed by atoms with Gasteiger partial charge in [0.05, 0.1) is 24.8 Å². The Morgan fingerprint density at radius 2 is 2.33 bits per heavy atom. The molecule has 1 atom stereocenters. The van der Waals surface area contributed by atoms with Crippen molar-refractivity contribution in [3.8, 4) is 0 Å². The van der Waals surface area contributed by atoms with Gasteiger partial charge in [0.25, 0.3) is 5.91 Å². The number of aromatic nitrogens is 2. The highest BCUT2D eigenvalue weighted by Crippen LogP contribution is 2.38. The van der Waals surface area contributed by atoms with Gasteiger partial charge in [-0.2, -0.15) is 4.98 Å². The molecule has 1 saturated heterocycles. The average molecular weight is 331 g/mol. The Morgan fingerprint density at radius 3 is 3.04 bits per heavy atom. The van der Waals surface area contributed by atoms with Crippen LogP contribution in [0.2, 0.25) is 0 Å². The number of piperidine rings is 1. The number of amides is 1. The predicted molar refractivity (Wildman–Crippen MR) is 83.5 cm³/mol. The standard InChI is InChI=1S/C17H21N3O4/c1-11-5-8-23-14(11)16(21)20-7-2-6-17(22,10-20)9-13-18-15(19-24-13)12-3-4-12/h5,8,12,22H,2-4,6-7,9-10H2,1H3. The van der Waals surface area contributed by atoms with E-state index >= 15 is 0 Å². The van der Waals surface area contributed by atoms with Crippen LogP contribution in [0, 0.1) is 6.92 Å². The number of carbonyl (C=O) groups is 1. The highest BCUT2D eigenvalue weighted by Gasteiger charge is 2.38. The van der Waals surface area contributed by atoms with Crippen molar-refractivity contribution in [1.29, 1.82) is 0 Å². The number of aryl methyl sites for hydroxylation is 1. The Balaban J connectivity index is 1.46. The van der Waals surface area contributed by atoms with Gasteiger partial charge >= 0.3 is 0 Å². The first-order chi connectivity index (χ1) is 11.5. The minimum absolute atomic E-state index is 0.181. The number of likely N-dealkylation sites (tertiary alicyclic amines) is 1. The van der Waals surface area contributed by atoms with Crippen molar-refractivity contribution < 1.29 is 18.8 Å². The molecule has 7 heteroatoms. The smallest absolute Gasteiger partial charge is 0.289 e. The van der Waals surface area contributed by atoms with Crippen molar-refractivity contribution in [1.82, 2.24) is 15.0 Å². The van der Waals surface area contributed by atoms with Gasteiger partial charge in [0, 0.05) is 18.0 Å². The van der Waals surface area contributed by atoms with Gasteiger partial charge in [-0.05, 0) is 38.7 Å². The van der Waals surface area contributed by atoms with Crippen LogP contribution in [0.5, 0.6) is 0 Å². The van der Waals surface area contributed by atoms with Gasteiger partial charge < -0.3 is 18.9 Å². The molecule has 2 aliphatic rings. The average Bonchev–Trinajstić information content (AvgIpc) is 3.16. The van der Waals surface area contributed by atoms with Crippen LogP contribution in [0.15, 0.2) is 21.3 Å². The summed E-state index contributed by atoms with van der Waals surface area (Å²) in [5.41, 5.74) is -0.234. The van der Waals surface area contributed by atoms with Gasteiger partial charge in [-0.25, -0.2) is 0 Å². The summed E-state index contributed by atoms with van der Waals surface area (Å²) in [4.78, 5) is 18.6. The minimum Gasteiger partial charge on any atom is -0.459 e. The highest BCUT2D eigenvalue weighted by molar-refractivity contribution is 5.93. The van der Waals surface area contributed by atoms with E-state index in [1.165, 1.54) is 6.26 Å². The molecule has 1 N–H and O–H groups in total. The third-order valence-electron chi connectivity index (χ3n) is 4.81. The van der Waals surface area contributed by atoms with Gasteiger partial charge in [0.1, 0.15) is 0 Å². The summed E-state index contributed by atoms with van der Waals surface area (Å²) < 4.78 is 10.6. The van der Waals surface area contributed by atoms with Crippen LogP contribution in [0.3, 0.4) is 0 Å². The van der Waals surface area contributed by atoms with E-state index in [1.807, 2.05) is 6.92 Å². The van der Waals surface area contributed by atoms with Crippen LogP contribution in [0.25, 0.3) is 0 Å². The second kappa shape index (κ2) is 5.73. The fraction of sp³-hybridized carbons (Fsp3) is 0.588. The number of rotatable bonds is 4. The molecule has 0 radical (unpaired) electrons. The van der Waals surface area contributed by atoms with E-state index in [0.29, 0.717) is 30.5 Å². The summed E-state index contributed by atoms with van der Waals surface area (Å²) in [5, 5.41) is 14.9. The van der Waals surface area contributed by atoms with Crippen molar-refractivity contribution in [2.45, 2.75) is 50.5 Å². The topological polar surface area (TPSA) is 92.6 Å². The summed E-state index contributed by atoms with van der Waals surface area (Å²) in [6.07, 6.45) is 5.33. The van der Waals surface area contributed by atoms with Crippen LogP contribution in [-0.2, 0) is 6.42 Å². The molecule has 7 nitrogen and oxygen atoms in total. The molecule has 2 fully saturated rings. The van der Waals surface area contributed by atoms with Gasteiger partial charge in [-0.1, -0.05) is 5.16 Å². The maximum atomic E-state index is 12.6. The van der Waals surface area contributed by atoms with E-state index in [1.54, 1.807) is 11.0 Å². The third kappa shape index (κ3) is 2.96. The highest BCUT2D eigenvalue weighted by atomic mass is 16.5. The van der Waals surface area contributed by atoms with E-state index in [9.17, 15) is 9.90 Å². The van der Waals surface area contributed by atoms with E-state index < -0.39 is 5.60 Å². The van der Waals surface area contributed by atoms with Gasteiger partial charge in [-0.15, -0.1) is 0 Å². The number of β-amino-alcohol motifs (C(OH)–C–C–N with tert-alkyl or cyclic N) is 1. The van der Waals surface area contributed by atoms with Crippen molar-refractivity contribution in [3.05, 3.63) is 35.4 Å². The predicted octanol–water partition coefficient (Wildman–Crippen LogP) is 2.06. The van der Waals surface area contributed by atoms with Gasteiger partial charge in [0.15, 0.2) is 11.6 Å². The molecular weight excluding hydrogens is 310 g/mol. The molecule has 1 amide bonds. The molecule has 1 saturated carbocycles. The molecule has 1 unspecified atom stereocenters. The monoisotopic (exact) mass is 331 g/mol. The first-order valence-electron chi connectivity index (χ1n) is 8.42. The maximum Gasteiger partial charge on any atom is 0.289 e. The Bertz CT molecular complexity index is 749. The lowest BCUT2D eigenvalue weighted by molar-refractivity contribution is -0.0294. The number of nitrogens with zero attached hydrogens (tertiary/aromatic N) is 3. The second-order valence-corrected chi connectivity index (χ2v) is 6.98. The van der Waals surface area contributed by atoms with Crippen molar-refractivity contribution in [2.24, 2.45) is 0 Å². The Labute approximate surface area is 139 Å². The lowest BCUT2D eigenvalue weighted by Crippen LogP contribution is -2.51. The quantitative estimate of drug-likeness (QED) is 0.922. The molecule has 4 rings (SSSR count). The summed E-state index contributed by atoms with van der Waals surface area (Å²) in [6.45, 7) is 2.69. The maximum absolute atomic E-state index is 12.6. The van der Waals surface area contributed by atoms with Crippen molar-refractivity contribution in [2.75, 3.05) is 13.1 Å². The first kappa shape index (κ1) is 15.4. The van der Waals surface area contributed by atoms with Gasteiger partial charge in [0.2, 0.25) is 5.89 Å². The molecule has 1 aliphatic carbocycles. The Morgan fingerprint density at radius 1 is 1.50 bits per heavy atom. The first-order valence-corrected chi connectivity index (χ1v) is 8.42. The Kier molecular flexibility index (Phi) is 3.68. The van der Waals surface area contributed by atoms with Crippen LogP contribution in [-0.4, -0.2) is 44.7 Å². The van der Waals surface area contributed by atoms with Gasteiger partial charge in [-0.3, -0.25) is 4.79 Å². The number of hydrogen-bond acceptors (Lipinski definition) is 6. The molecule has 24 heavy (non-hydrogen) atoms. The summed E-state index contributed by atoms with van der Waals surface area (Å²) in [6, 6.07) is 1.77. The zero-order valence-electron chi connectivity index (χ0n) is 13.7. The van der Waals surface area contributed by atoms with Crippen molar-refractivity contribution >= 4 is 5.91 Å². The molecule has 2 aromatic rings. The van der Waals surface area contributed by atoms with E-state index in [0.717, 1.165) is 30.7 Å². The van der Waals surface area contributed by atoms with Crippen molar-refractivity contribution in [3.63, 3.8) is 0 Å². The molecule has 1 aliphatic heterocycles. The fourth-order valence-electron chi connectivity index (χ4n) is 3.29. The normalized spacial score (nSPS) is 24.3. The van der Waals surface area contributed by atoms with E-state index in [4.69, 9.17) is 8.94 Å². The lowest BCUT2D eigenvalue weighted by atomic mass is 9.89. The largest absolute Gasteiger partial charge is 0.459 e. The SMILES string of the molecule is Cc1ccoc1C(=O)N1CCCC(O)(Cc2nc(C3CC3)no2)C1. The number of aliphatic hydroxyl groups is 1. The molecular formula is C17H21N3O4. The molecule has 0 aromatic carbocycles. The third-order valence-corrected chi connectivity index (χ3v) is 4.81. The van der Waals surface area contributed by atoms with Crippen LogP contribution < -0.4 is 0 Å². The number of furan rings is 1. The fourth-order valence-corrected chi connectivity index (χ4v) is 3.29. The molecule has 0 spiro atoms. The summed E-state index contributed by atoms with van der Waals surface area (Å²) in [7, 11) is 0. The molecule has 128 valence electrons. The molecule has 3 heterocycles. The van der Waals surface area contributed by atoms with E-state index in [2.05, 4.69) is 10.1 Å². The van der Waals surface area contributed by atoms with Crippen LogP contribution >= 0.6 is 0 Å². The van der Waals surface area contributed by atoms with E-state index in [-0.39, 0.29) is 18.9 Å². The summed E-state index contributed by atoms with van der Waals surface area (Å²) >= 11 is 0. The number of carbonyl (C=O) groups excluding carboxylic acids is 1. The van der Waals surface area contributed by atoms with Crippen LogP contribution in [0.4, 0.5) is 0 Å². The Hall–Kier alpha value is -2.15. The zero-order chi connectivity index (χ0) is 16.7. The molecule has 0 bridgehead atoms. The lowest BCUT2D eigenvalue weighted by Gasteiger charge is -2.38. The zero-order valence-corrected chi connectivity index (χ0v) is 13.7. The number of hydrogen-bond donors (Lipinski definition) is 1.